The van der Waals surface area contributed by atoms with E-state index in [0.29, 0.717) is 23.4 Å². The van der Waals surface area contributed by atoms with Crippen LogP contribution in [0, 0.1) is 0 Å². The van der Waals surface area contributed by atoms with Crippen LogP contribution in [0.1, 0.15) is 43.0 Å². The number of primary amides is 1. The molecule has 0 bridgehead atoms. The highest BCUT2D eigenvalue weighted by Gasteiger charge is 2.21. The fraction of sp³-hybridized carbons (Fsp3) is 0.375. The first-order valence-corrected chi connectivity index (χ1v) is 10.9. The van der Waals surface area contributed by atoms with Crippen molar-refractivity contribution in [3.05, 3.63) is 54.1 Å². The highest BCUT2D eigenvalue weighted by Crippen LogP contribution is 2.23. The maximum Gasteiger partial charge on any atom is 0.258 e. The molecule has 1 unspecified atom stereocenters. The van der Waals surface area contributed by atoms with Crippen molar-refractivity contribution in [2.75, 3.05) is 29.9 Å². The molecule has 1 atom stereocenters. The van der Waals surface area contributed by atoms with Crippen LogP contribution < -0.4 is 26.0 Å². The second kappa shape index (κ2) is 11.2. The van der Waals surface area contributed by atoms with Crippen LogP contribution in [0.3, 0.4) is 0 Å². The van der Waals surface area contributed by atoms with Crippen molar-refractivity contribution in [2.45, 2.75) is 38.6 Å². The van der Waals surface area contributed by atoms with Gasteiger partial charge in [-0.05, 0) is 55.7 Å². The van der Waals surface area contributed by atoms with Crippen LogP contribution in [0.25, 0.3) is 0 Å². The standard InChI is InChI=1S/C24H30N4O4/c1-2-7-21(27-22(29)16-32-20-11-5-8-17(14-20)23(25)30)24(31)26-18-9-6-10-19(15-18)28-12-3-4-13-28/h5-6,8-11,14-15,21H,2-4,7,12-13,16H2,1H3,(H2,25,30)(H,26,31)(H,27,29). The summed E-state index contributed by atoms with van der Waals surface area (Å²) >= 11 is 0. The Morgan fingerprint density at radius 1 is 1.09 bits per heavy atom. The summed E-state index contributed by atoms with van der Waals surface area (Å²) in [6, 6.07) is 13.4. The van der Waals surface area contributed by atoms with E-state index in [1.165, 1.54) is 18.9 Å². The number of nitrogens with one attached hydrogen (secondary N) is 2. The number of rotatable bonds is 10. The number of nitrogens with two attached hydrogens (primary N) is 1. The van der Waals surface area contributed by atoms with E-state index in [-0.39, 0.29) is 12.5 Å². The molecule has 1 heterocycles. The quantitative estimate of drug-likeness (QED) is 0.528. The van der Waals surface area contributed by atoms with Crippen LogP contribution in [0.2, 0.25) is 0 Å². The third kappa shape index (κ3) is 6.47. The molecule has 1 fully saturated rings. The minimum absolute atomic E-state index is 0.269. The van der Waals surface area contributed by atoms with Gasteiger partial charge in [0.1, 0.15) is 11.8 Å². The Hall–Kier alpha value is -3.55. The molecule has 2 aromatic carbocycles. The number of benzene rings is 2. The molecule has 0 saturated carbocycles. The average Bonchev–Trinajstić information content (AvgIpc) is 3.33. The van der Waals surface area contributed by atoms with E-state index in [4.69, 9.17) is 10.5 Å². The molecule has 1 aliphatic heterocycles. The van der Waals surface area contributed by atoms with Gasteiger partial charge in [0.25, 0.3) is 5.91 Å². The fourth-order valence-electron chi connectivity index (χ4n) is 3.67. The predicted molar refractivity (Wildman–Crippen MR) is 124 cm³/mol. The molecule has 3 amide bonds. The van der Waals surface area contributed by atoms with Crippen LogP contribution in [-0.2, 0) is 9.59 Å². The monoisotopic (exact) mass is 438 g/mol. The number of hydrogen-bond acceptors (Lipinski definition) is 5. The maximum absolute atomic E-state index is 12.8. The Labute approximate surface area is 188 Å². The number of carbonyl (C=O) groups excluding carboxylic acids is 3. The normalized spacial score (nSPS) is 14.0. The minimum Gasteiger partial charge on any atom is -0.484 e. The lowest BCUT2D eigenvalue weighted by Crippen LogP contribution is -2.45. The van der Waals surface area contributed by atoms with Gasteiger partial charge >= 0.3 is 0 Å². The smallest absolute Gasteiger partial charge is 0.258 e. The molecule has 4 N–H and O–H groups in total. The highest BCUT2D eigenvalue weighted by molar-refractivity contribution is 5.97. The zero-order chi connectivity index (χ0) is 22.9. The molecule has 3 rings (SSSR count). The molecule has 8 heteroatoms. The summed E-state index contributed by atoms with van der Waals surface area (Å²) in [6.07, 6.45) is 3.58. The Kier molecular flexibility index (Phi) is 8.08. The Morgan fingerprint density at radius 2 is 1.84 bits per heavy atom. The van der Waals surface area contributed by atoms with Crippen molar-refractivity contribution in [3.63, 3.8) is 0 Å². The van der Waals surface area contributed by atoms with E-state index in [1.54, 1.807) is 18.2 Å². The largest absolute Gasteiger partial charge is 0.484 e. The van der Waals surface area contributed by atoms with Gasteiger partial charge in [-0.1, -0.05) is 25.5 Å². The molecule has 0 aliphatic carbocycles. The summed E-state index contributed by atoms with van der Waals surface area (Å²) < 4.78 is 5.45. The van der Waals surface area contributed by atoms with Gasteiger partial charge in [0.05, 0.1) is 0 Å². The second-order valence-electron chi connectivity index (χ2n) is 7.82. The molecular formula is C24H30N4O4. The molecule has 170 valence electrons. The minimum atomic E-state index is -0.677. The maximum atomic E-state index is 12.8. The fourth-order valence-corrected chi connectivity index (χ4v) is 3.67. The third-order valence-electron chi connectivity index (χ3n) is 5.30. The first-order chi connectivity index (χ1) is 15.5. The summed E-state index contributed by atoms with van der Waals surface area (Å²) in [4.78, 5) is 38.8. The molecule has 8 nitrogen and oxygen atoms in total. The number of carbonyl (C=O) groups is 3. The van der Waals surface area contributed by atoms with Gasteiger partial charge < -0.3 is 26.0 Å². The second-order valence-corrected chi connectivity index (χ2v) is 7.82. The molecule has 0 aromatic heterocycles. The third-order valence-corrected chi connectivity index (χ3v) is 5.30. The summed E-state index contributed by atoms with van der Waals surface area (Å²) in [7, 11) is 0. The Balaban J connectivity index is 1.56. The number of amides is 3. The topological polar surface area (TPSA) is 114 Å². The first-order valence-electron chi connectivity index (χ1n) is 10.9. The lowest BCUT2D eigenvalue weighted by Gasteiger charge is -2.20. The molecule has 1 aliphatic rings. The number of hydrogen-bond donors (Lipinski definition) is 3. The van der Waals surface area contributed by atoms with Crippen LogP contribution in [0.15, 0.2) is 48.5 Å². The van der Waals surface area contributed by atoms with Gasteiger partial charge in [-0.15, -0.1) is 0 Å². The van der Waals surface area contributed by atoms with Crippen molar-refractivity contribution in [1.29, 1.82) is 0 Å². The first kappa shape index (κ1) is 23.1. The van der Waals surface area contributed by atoms with Crippen molar-refractivity contribution in [2.24, 2.45) is 5.73 Å². The van der Waals surface area contributed by atoms with Crippen molar-refractivity contribution in [1.82, 2.24) is 5.32 Å². The summed E-state index contributed by atoms with van der Waals surface area (Å²) in [5, 5.41) is 5.65. The van der Waals surface area contributed by atoms with E-state index in [9.17, 15) is 14.4 Å². The van der Waals surface area contributed by atoms with E-state index < -0.39 is 17.9 Å². The molecular weight excluding hydrogens is 408 g/mol. The van der Waals surface area contributed by atoms with Crippen molar-refractivity contribution in [3.8, 4) is 5.75 Å². The van der Waals surface area contributed by atoms with Crippen LogP contribution in [0.5, 0.6) is 5.75 Å². The van der Waals surface area contributed by atoms with Gasteiger partial charge in [-0.25, -0.2) is 0 Å². The molecule has 0 radical (unpaired) electrons. The van der Waals surface area contributed by atoms with E-state index in [0.717, 1.165) is 25.2 Å². The number of anilines is 2. The van der Waals surface area contributed by atoms with Gasteiger partial charge in [0, 0.05) is 30.0 Å². The predicted octanol–water partition coefficient (Wildman–Crippen LogP) is 2.69. The summed E-state index contributed by atoms with van der Waals surface area (Å²) in [5.74, 6) is -0.913. The molecule has 32 heavy (non-hydrogen) atoms. The van der Waals surface area contributed by atoms with Crippen molar-refractivity contribution >= 4 is 29.1 Å². The average molecular weight is 439 g/mol. The van der Waals surface area contributed by atoms with E-state index in [2.05, 4.69) is 15.5 Å². The summed E-state index contributed by atoms with van der Waals surface area (Å²) in [5.41, 5.74) is 7.34. The van der Waals surface area contributed by atoms with Gasteiger partial charge in [0.2, 0.25) is 11.8 Å². The molecule has 2 aromatic rings. The number of ether oxygens (including phenoxy) is 1. The van der Waals surface area contributed by atoms with Gasteiger partial charge in [-0.3, -0.25) is 14.4 Å². The van der Waals surface area contributed by atoms with E-state index in [1.807, 2.05) is 31.2 Å². The number of nitrogens with zero attached hydrogens (tertiary/aromatic N) is 1. The SMILES string of the molecule is CCCC(NC(=O)COc1cccc(C(N)=O)c1)C(=O)Nc1cccc(N2CCCC2)c1. The van der Waals surface area contributed by atoms with Gasteiger partial charge in [-0.2, -0.15) is 0 Å². The zero-order valence-corrected chi connectivity index (χ0v) is 18.3. The lowest BCUT2D eigenvalue weighted by molar-refractivity contribution is -0.128. The summed E-state index contributed by atoms with van der Waals surface area (Å²) in [6.45, 7) is 3.72. The van der Waals surface area contributed by atoms with Crippen LogP contribution in [0.4, 0.5) is 11.4 Å². The van der Waals surface area contributed by atoms with E-state index >= 15 is 0 Å². The molecule has 1 saturated heterocycles. The van der Waals surface area contributed by atoms with Gasteiger partial charge in [0.15, 0.2) is 6.61 Å². The Bertz CT molecular complexity index is 957. The van der Waals surface area contributed by atoms with Crippen molar-refractivity contribution < 1.29 is 19.1 Å². The zero-order valence-electron chi connectivity index (χ0n) is 18.3. The molecule has 0 spiro atoms. The highest BCUT2D eigenvalue weighted by atomic mass is 16.5. The van der Waals surface area contributed by atoms with Crippen LogP contribution in [-0.4, -0.2) is 43.5 Å². The lowest BCUT2D eigenvalue weighted by atomic mass is 10.1. The van der Waals surface area contributed by atoms with Crippen LogP contribution >= 0.6 is 0 Å². The Morgan fingerprint density at radius 3 is 2.56 bits per heavy atom.